The third-order valence-corrected chi connectivity index (χ3v) is 8.22. The molecule has 184 valence electrons. The average Bonchev–Trinajstić information content (AvgIpc) is 3.15. The van der Waals surface area contributed by atoms with Crippen molar-refractivity contribution in [3.8, 4) is 0 Å². The summed E-state index contributed by atoms with van der Waals surface area (Å²) in [5.41, 5.74) is 3.94. The Morgan fingerprint density at radius 1 is 1.06 bits per heavy atom. The highest BCUT2D eigenvalue weighted by atomic mass is 16.5. The molecular weight excluding hydrogens is 438 g/mol. The SMILES string of the molecule is CC(=O)c1cccc(C2=Nc3nc(N4CCOC[C@@H]4C)nc(N4C5CCCCC4CC5)c3CC2)c1. The minimum Gasteiger partial charge on any atom is -0.377 e. The van der Waals surface area contributed by atoms with Gasteiger partial charge in [0.15, 0.2) is 11.6 Å². The van der Waals surface area contributed by atoms with Crippen molar-refractivity contribution in [3.63, 3.8) is 0 Å². The first-order valence-electron chi connectivity index (χ1n) is 13.3. The molecule has 5 heterocycles. The molecule has 0 amide bonds. The van der Waals surface area contributed by atoms with E-state index in [1.807, 2.05) is 18.2 Å². The number of Topliss-reactive ketones (excluding diaryl/α,β-unsaturated/α-hetero) is 1. The van der Waals surface area contributed by atoms with Crippen LogP contribution in [0, 0.1) is 0 Å². The first-order chi connectivity index (χ1) is 17.1. The number of carbonyl (C=O) groups excluding carboxylic acids is 1. The van der Waals surface area contributed by atoms with Crippen molar-refractivity contribution in [1.29, 1.82) is 0 Å². The Bertz CT molecular complexity index is 1150. The van der Waals surface area contributed by atoms with Gasteiger partial charge in [0.25, 0.3) is 0 Å². The van der Waals surface area contributed by atoms with Gasteiger partial charge in [0.2, 0.25) is 5.95 Å². The summed E-state index contributed by atoms with van der Waals surface area (Å²) < 4.78 is 5.70. The number of rotatable bonds is 4. The van der Waals surface area contributed by atoms with E-state index >= 15 is 0 Å². The van der Waals surface area contributed by atoms with Crippen LogP contribution in [0.5, 0.6) is 0 Å². The summed E-state index contributed by atoms with van der Waals surface area (Å²) in [6, 6.07) is 9.23. The van der Waals surface area contributed by atoms with Crippen LogP contribution in [0.1, 0.15) is 80.3 Å². The number of ether oxygens (including phenoxy) is 1. The van der Waals surface area contributed by atoms with Crippen molar-refractivity contribution in [3.05, 3.63) is 41.0 Å². The number of aromatic nitrogens is 2. The maximum absolute atomic E-state index is 12.0. The number of ketones is 1. The number of nitrogens with zero attached hydrogens (tertiary/aromatic N) is 5. The smallest absolute Gasteiger partial charge is 0.229 e. The second-order valence-corrected chi connectivity index (χ2v) is 10.5. The average molecular weight is 474 g/mol. The normalized spacial score (nSPS) is 26.2. The van der Waals surface area contributed by atoms with E-state index < -0.39 is 0 Å². The minimum atomic E-state index is 0.0773. The highest BCUT2D eigenvalue weighted by molar-refractivity contribution is 6.05. The van der Waals surface area contributed by atoms with Crippen molar-refractivity contribution < 1.29 is 9.53 Å². The fourth-order valence-corrected chi connectivity index (χ4v) is 6.32. The van der Waals surface area contributed by atoms with E-state index in [0.717, 1.165) is 53.8 Å². The van der Waals surface area contributed by atoms with E-state index in [-0.39, 0.29) is 11.8 Å². The van der Waals surface area contributed by atoms with E-state index in [9.17, 15) is 4.79 Å². The molecule has 35 heavy (non-hydrogen) atoms. The van der Waals surface area contributed by atoms with Gasteiger partial charge in [-0.05, 0) is 64.0 Å². The number of morpholine rings is 1. The molecule has 1 aromatic carbocycles. The number of hydrogen-bond acceptors (Lipinski definition) is 7. The molecule has 2 aromatic rings. The van der Waals surface area contributed by atoms with Gasteiger partial charge >= 0.3 is 0 Å². The van der Waals surface area contributed by atoms with Gasteiger partial charge in [0, 0.05) is 29.8 Å². The second-order valence-electron chi connectivity index (χ2n) is 10.5. The molecule has 7 heteroatoms. The lowest BCUT2D eigenvalue weighted by Gasteiger charge is -2.36. The van der Waals surface area contributed by atoms with Crippen LogP contribution in [-0.2, 0) is 11.2 Å². The monoisotopic (exact) mass is 473 g/mol. The van der Waals surface area contributed by atoms with Crippen LogP contribution in [0.25, 0.3) is 0 Å². The molecule has 7 nitrogen and oxygen atoms in total. The molecule has 0 N–H and O–H groups in total. The molecule has 3 saturated heterocycles. The van der Waals surface area contributed by atoms with Crippen LogP contribution in [0.2, 0.25) is 0 Å². The van der Waals surface area contributed by atoms with Crippen LogP contribution >= 0.6 is 0 Å². The van der Waals surface area contributed by atoms with Crippen LogP contribution < -0.4 is 9.80 Å². The zero-order chi connectivity index (χ0) is 23.9. The molecule has 4 aliphatic heterocycles. The van der Waals surface area contributed by atoms with Crippen molar-refractivity contribution in [2.24, 2.45) is 4.99 Å². The van der Waals surface area contributed by atoms with Gasteiger partial charge in [-0.3, -0.25) is 4.79 Å². The van der Waals surface area contributed by atoms with Gasteiger partial charge < -0.3 is 14.5 Å². The number of aliphatic imine (C=N–C) groups is 1. The standard InChI is InChI=1S/C28H35N5O2/c1-18-17-35-15-14-32(18)28-30-26-24(27(31-28)33-22-8-3-4-9-23(33)11-10-22)12-13-25(29-26)21-7-5-6-20(16-21)19(2)34/h5-7,16,18,22-23H,3-4,8-15,17H2,1-2H3/t18-,22?,23?/m0/s1. The van der Waals surface area contributed by atoms with Crippen molar-refractivity contribution in [2.75, 3.05) is 29.6 Å². The van der Waals surface area contributed by atoms with E-state index in [0.29, 0.717) is 25.3 Å². The Labute approximate surface area is 207 Å². The van der Waals surface area contributed by atoms with Crippen LogP contribution in [0.3, 0.4) is 0 Å². The lowest BCUT2D eigenvalue weighted by molar-refractivity contribution is 0.0981. The molecule has 2 bridgehead atoms. The third-order valence-electron chi connectivity index (χ3n) is 8.22. The molecule has 0 aliphatic carbocycles. The predicted molar refractivity (Wildman–Crippen MR) is 138 cm³/mol. The lowest BCUT2D eigenvalue weighted by Crippen LogP contribution is -2.45. The zero-order valence-electron chi connectivity index (χ0n) is 20.9. The van der Waals surface area contributed by atoms with E-state index in [1.165, 1.54) is 44.1 Å². The summed E-state index contributed by atoms with van der Waals surface area (Å²) in [5, 5.41) is 0. The third kappa shape index (κ3) is 4.24. The molecule has 0 radical (unpaired) electrons. The quantitative estimate of drug-likeness (QED) is 0.589. The highest BCUT2D eigenvalue weighted by Gasteiger charge is 2.39. The van der Waals surface area contributed by atoms with Gasteiger partial charge in [-0.1, -0.05) is 31.0 Å². The van der Waals surface area contributed by atoms with Gasteiger partial charge in [-0.25, -0.2) is 4.99 Å². The van der Waals surface area contributed by atoms with Gasteiger partial charge in [-0.15, -0.1) is 0 Å². The predicted octanol–water partition coefficient (Wildman–Crippen LogP) is 4.88. The Kier molecular flexibility index (Phi) is 6.04. The summed E-state index contributed by atoms with van der Waals surface area (Å²) in [5.74, 6) is 2.79. The molecule has 0 spiro atoms. The van der Waals surface area contributed by atoms with E-state index in [1.54, 1.807) is 6.92 Å². The van der Waals surface area contributed by atoms with Gasteiger partial charge in [0.05, 0.1) is 25.0 Å². The summed E-state index contributed by atoms with van der Waals surface area (Å²) in [6.45, 7) is 5.98. The lowest BCUT2D eigenvalue weighted by atomic mass is 9.97. The zero-order valence-corrected chi connectivity index (χ0v) is 20.9. The summed E-state index contributed by atoms with van der Waals surface area (Å²) in [7, 11) is 0. The molecule has 2 unspecified atom stereocenters. The summed E-state index contributed by atoms with van der Waals surface area (Å²) in [4.78, 5) is 32.3. The van der Waals surface area contributed by atoms with Gasteiger partial charge in [0.1, 0.15) is 5.82 Å². The maximum Gasteiger partial charge on any atom is 0.229 e. The molecule has 0 saturated carbocycles. The molecule has 4 aliphatic rings. The maximum atomic E-state index is 12.0. The molecule has 3 fully saturated rings. The number of hydrogen-bond donors (Lipinski definition) is 0. The van der Waals surface area contributed by atoms with Crippen LogP contribution in [-0.4, -0.2) is 59.3 Å². The van der Waals surface area contributed by atoms with Crippen molar-refractivity contribution in [1.82, 2.24) is 9.97 Å². The second kappa shape index (κ2) is 9.34. The highest BCUT2D eigenvalue weighted by Crippen LogP contribution is 2.43. The Hall–Kier alpha value is -2.80. The molecule has 3 atom stereocenters. The van der Waals surface area contributed by atoms with Crippen molar-refractivity contribution in [2.45, 2.75) is 83.3 Å². The summed E-state index contributed by atoms with van der Waals surface area (Å²) in [6.07, 6.45) is 9.37. The molecule has 1 aromatic heterocycles. The molecule has 6 rings (SSSR count). The topological polar surface area (TPSA) is 70.9 Å². The molecular formula is C28H35N5O2. The van der Waals surface area contributed by atoms with E-state index in [4.69, 9.17) is 19.7 Å². The number of benzene rings is 1. The number of anilines is 2. The first-order valence-corrected chi connectivity index (χ1v) is 13.3. The van der Waals surface area contributed by atoms with E-state index in [2.05, 4.69) is 22.8 Å². The fourth-order valence-electron chi connectivity index (χ4n) is 6.32. The Morgan fingerprint density at radius 3 is 2.60 bits per heavy atom. The van der Waals surface area contributed by atoms with Gasteiger partial charge in [-0.2, -0.15) is 9.97 Å². The fraction of sp³-hybridized carbons (Fsp3) is 0.571. The largest absolute Gasteiger partial charge is 0.377 e. The Morgan fingerprint density at radius 2 is 1.86 bits per heavy atom. The van der Waals surface area contributed by atoms with Crippen LogP contribution in [0.4, 0.5) is 17.6 Å². The number of fused-ring (bicyclic) bond motifs is 3. The Balaban J connectivity index is 1.46. The first kappa shape index (κ1) is 22.7. The minimum absolute atomic E-state index is 0.0773. The number of carbonyl (C=O) groups is 1. The summed E-state index contributed by atoms with van der Waals surface area (Å²) >= 11 is 0. The van der Waals surface area contributed by atoms with Crippen LogP contribution in [0.15, 0.2) is 29.3 Å². The van der Waals surface area contributed by atoms with Crippen molar-refractivity contribution >= 4 is 29.1 Å².